The number of rotatable bonds is 22. The van der Waals surface area contributed by atoms with Gasteiger partial charge in [0, 0.05) is 42.1 Å². The van der Waals surface area contributed by atoms with Gasteiger partial charge in [0.05, 0.1) is 22.5 Å². The monoisotopic (exact) mass is 900 g/mol. The van der Waals surface area contributed by atoms with Gasteiger partial charge in [0.2, 0.25) is 0 Å². The summed E-state index contributed by atoms with van der Waals surface area (Å²) in [5, 5.41) is 4.35. The second kappa shape index (κ2) is 20.5. The van der Waals surface area contributed by atoms with Gasteiger partial charge in [-0.2, -0.15) is 0 Å². The molecule has 2 atom stereocenters. The first-order chi connectivity index (χ1) is 30.4. The summed E-state index contributed by atoms with van der Waals surface area (Å²) >= 11 is 7.71. The lowest BCUT2D eigenvalue weighted by molar-refractivity contribution is -0.124. The minimum atomic E-state index is -0.0361. The summed E-state index contributed by atoms with van der Waals surface area (Å²) in [6.07, 6.45) is 22.7. The van der Waals surface area contributed by atoms with E-state index in [9.17, 15) is 9.59 Å². The predicted molar refractivity (Wildman–Crippen MR) is 270 cm³/mol. The van der Waals surface area contributed by atoms with Gasteiger partial charge < -0.3 is 9.80 Å². The lowest BCUT2D eigenvalue weighted by Crippen LogP contribution is -2.31. The van der Waals surface area contributed by atoms with Gasteiger partial charge in [0.25, 0.3) is 11.8 Å². The van der Waals surface area contributed by atoms with Crippen molar-refractivity contribution >= 4 is 79.2 Å². The number of amides is 2. The molecular formula is C54H64N2O2S4. The number of carbonyl (C=O) groups is 2. The fourth-order valence-corrected chi connectivity index (χ4v) is 14.5. The number of hydrogen-bond acceptors (Lipinski definition) is 6. The zero-order chi connectivity index (χ0) is 43.1. The second-order valence-electron chi connectivity index (χ2n) is 17.5. The summed E-state index contributed by atoms with van der Waals surface area (Å²) in [7, 11) is 0. The molecule has 2 unspecified atom stereocenters. The van der Waals surface area contributed by atoms with Crippen LogP contribution in [0.3, 0.4) is 0 Å². The molecule has 0 N–H and O–H groups in total. The number of allylic oxidation sites excluding steroid dienone is 2. The van der Waals surface area contributed by atoms with Crippen LogP contribution < -0.4 is 0 Å². The van der Waals surface area contributed by atoms with Crippen LogP contribution in [0.25, 0.3) is 21.2 Å². The Kier molecular flexibility index (Phi) is 14.9. The molecule has 0 radical (unpaired) electrons. The number of unbranched alkanes of at least 4 members (excludes halogenated alkanes) is 8. The van der Waals surface area contributed by atoms with Crippen molar-refractivity contribution in [3.8, 4) is 0 Å². The maximum Gasteiger partial charge on any atom is 0.261 e. The molecule has 8 rings (SSSR count). The molecule has 8 heteroatoms. The van der Waals surface area contributed by atoms with Gasteiger partial charge in [-0.15, -0.1) is 46.2 Å². The SMILES string of the molecule is CCCCCCC1(c2ccc(C3=C4C(=O)N(CCCC)C(c5ccc(C6(CCCCCC)CC=C(c7cccs7)S6)cc5)=C4C(=O)N3CCCC)cc2)CC=C(c2cccs2)S1. The first kappa shape index (κ1) is 45.0. The van der Waals surface area contributed by atoms with Crippen molar-refractivity contribution in [2.75, 3.05) is 13.1 Å². The van der Waals surface area contributed by atoms with E-state index in [1.54, 1.807) is 0 Å². The van der Waals surface area contributed by atoms with E-state index >= 15 is 0 Å². The molecule has 0 fully saturated rings. The third-order valence-corrected chi connectivity index (χ3v) is 18.5. The van der Waals surface area contributed by atoms with E-state index in [1.165, 1.54) is 82.1 Å². The molecule has 0 aliphatic carbocycles. The highest BCUT2D eigenvalue weighted by Gasteiger charge is 2.49. The highest BCUT2D eigenvalue weighted by Crippen LogP contribution is 2.58. The van der Waals surface area contributed by atoms with Crippen molar-refractivity contribution in [3.63, 3.8) is 0 Å². The highest BCUT2D eigenvalue weighted by atomic mass is 32.2. The third-order valence-electron chi connectivity index (χ3n) is 13.3. The number of thioether (sulfide) groups is 2. The van der Waals surface area contributed by atoms with Gasteiger partial charge in [-0.3, -0.25) is 9.59 Å². The molecule has 4 nitrogen and oxygen atoms in total. The van der Waals surface area contributed by atoms with Crippen LogP contribution in [0.1, 0.15) is 162 Å². The molecule has 2 amide bonds. The standard InChI is InChI=1S/C54H64N2O2S4/c1-5-9-13-15-31-53(33-29-45(61-53)43-19-17-37-59-43)41-25-21-39(22-26-41)49-47-48(52(58)55(49)35-11-7-3)50(56(51(47)57)36-12-8-4)40-23-27-42(28-24-40)54(32-16-14-10-6-2)34-30-46(62-54)44-20-18-38-60-44/h17-30,37-38H,5-16,31-36H2,1-4H3. The van der Waals surface area contributed by atoms with Crippen LogP contribution in [0.2, 0.25) is 0 Å². The smallest absolute Gasteiger partial charge is 0.261 e. The maximum absolute atomic E-state index is 14.9. The van der Waals surface area contributed by atoms with Gasteiger partial charge in [-0.05, 0) is 83.7 Å². The summed E-state index contributed by atoms with van der Waals surface area (Å²) in [6.45, 7) is 10.1. The first-order valence-electron chi connectivity index (χ1n) is 23.6. The Balaban J connectivity index is 1.16. The quantitative estimate of drug-likeness (QED) is 0.0737. The summed E-state index contributed by atoms with van der Waals surface area (Å²) < 4.78 is -0.0397. The number of hydrogen-bond donors (Lipinski definition) is 0. The van der Waals surface area contributed by atoms with E-state index in [0.29, 0.717) is 24.2 Å². The van der Waals surface area contributed by atoms with E-state index in [4.69, 9.17) is 0 Å². The van der Waals surface area contributed by atoms with Crippen molar-refractivity contribution in [2.45, 2.75) is 140 Å². The van der Waals surface area contributed by atoms with E-state index in [-0.39, 0.29) is 21.3 Å². The van der Waals surface area contributed by atoms with E-state index in [1.807, 2.05) is 56.0 Å². The Hall–Kier alpha value is -3.56. The molecule has 4 aromatic rings. The Bertz CT molecular complexity index is 2140. The van der Waals surface area contributed by atoms with Crippen LogP contribution >= 0.6 is 46.2 Å². The average Bonchev–Trinajstić information content (AvgIpc) is 4.17. The van der Waals surface area contributed by atoms with Crippen molar-refractivity contribution in [1.82, 2.24) is 9.80 Å². The number of thiophene rings is 2. The lowest BCUT2D eigenvalue weighted by atomic mass is 9.88. The molecule has 2 aromatic carbocycles. The topological polar surface area (TPSA) is 40.6 Å². The molecular weight excluding hydrogens is 837 g/mol. The van der Waals surface area contributed by atoms with Crippen LogP contribution in [-0.4, -0.2) is 34.7 Å². The van der Waals surface area contributed by atoms with Gasteiger partial charge in [-0.25, -0.2) is 0 Å². The van der Waals surface area contributed by atoms with Gasteiger partial charge in [0.15, 0.2) is 0 Å². The van der Waals surface area contributed by atoms with E-state index in [0.717, 1.165) is 73.9 Å². The van der Waals surface area contributed by atoms with Crippen LogP contribution in [0.5, 0.6) is 0 Å². The minimum Gasteiger partial charge on any atom is -0.307 e. The fraction of sp³-hybridized carbons (Fsp3) is 0.444. The molecule has 326 valence electrons. The largest absolute Gasteiger partial charge is 0.307 e. The molecule has 4 aliphatic heterocycles. The summed E-state index contributed by atoms with van der Waals surface area (Å²) in [6, 6.07) is 26.8. The zero-order valence-electron chi connectivity index (χ0n) is 37.3. The Labute approximate surface area is 388 Å². The third kappa shape index (κ3) is 9.05. The summed E-state index contributed by atoms with van der Waals surface area (Å²) in [5.74, 6) is -0.0722. The Morgan fingerprint density at radius 3 is 1.26 bits per heavy atom. The van der Waals surface area contributed by atoms with Crippen molar-refractivity contribution < 1.29 is 9.59 Å². The molecule has 0 saturated carbocycles. The molecule has 0 saturated heterocycles. The normalized spacial score (nSPS) is 21.2. The maximum atomic E-state index is 14.9. The Morgan fingerprint density at radius 1 is 0.500 bits per heavy atom. The number of carbonyl (C=O) groups excluding carboxylic acids is 2. The molecule has 4 aliphatic rings. The van der Waals surface area contributed by atoms with E-state index in [2.05, 4.69) is 123 Å². The lowest BCUT2D eigenvalue weighted by Gasteiger charge is -2.31. The fourth-order valence-electron chi connectivity index (χ4n) is 9.78. The molecule has 0 spiro atoms. The van der Waals surface area contributed by atoms with Gasteiger partial charge in [-0.1, -0.05) is 165 Å². The van der Waals surface area contributed by atoms with Gasteiger partial charge in [0.1, 0.15) is 0 Å². The van der Waals surface area contributed by atoms with Crippen molar-refractivity contribution in [3.05, 3.63) is 139 Å². The molecule has 62 heavy (non-hydrogen) atoms. The summed E-state index contributed by atoms with van der Waals surface area (Å²) in [5.41, 5.74) is 7.33. The number of fused-ring (bicyclic) bond motifs is 1. The number of nitrogens with zero attached hydrogens (tertiary/aromatic N) is 2. The van der Waals surface area contributed by atoms with E-state index < -0.39 is 0 Å². The van der Waals surface area contributed by atoms with Crippen LogP contribution in [0.15, 0.2) is 107 Å². The summed E-state index contributed by atoms with van der Waals surface area (Å²) in [4.78, 5) is 39.2. The van der Waals surface area contributed by atoms with Crippen molar-refractivity contribution in [2.24, 2.45) is 0 Å². The highest BCUT2D eigenvalue weighted by molar-refractivity contribution is 8.10. The second-order valence-corrected chi connectivity index (χ2v) is 22.3. The van der Waals surface area contributed by atoms with Crippen LogP contribution in [0, 0.1) is 0 Å². The van der Waals surface area contributed by atoms with Gasteiger partial charge >= 0.3 is 0 Å². The zero-order valence-corrected chi connectivity index (χ0v) is 40.6. The molecule has 6 heterocycles. The molecule has 2 aromatic heterocycles. The first-order valence-corrected chi connectivity index (χ1v) is 27.0. The minimum absolute atomic E-state index is 0.0198. The van der Waals surface area contributed by atoms with Crippen molar-refractivity contribution in [1.29, 1.82) is 0 Å². The number of benzene rings is 2. The predicted octanol–water partition coefficient (Wildman–Crippen LogP) is 15.9. The van der Waals surface area contributed by atoms with Crippen LogP contribution in [0.4, 0.5) is 0 Å². The van der Waals surface area contributed by atoms with Crippen LogP contribution in [-0.2, 0) is 19.1 Å². The Morgan fingerprint density at radius 2 is 0.903 bits per heavy atom. The average molecular weight is 901 g/mol. The molecule has 0 bridgehead atoms.